The Kier molecular flexibility index (Phi) is 7.29. The minimum Gasteiger partial charge on any atom is -0.298 e. The van der Waals surface area contributed by atoms with Gasteiger partial charge in [0.1, 0.15) is 5.78 Å². The van der Waals surface area contributed by atoms with Gasteiger partial charge in [0.2, 0.25) is 0 Å². The van der Waals surface area contributed by atoms with Crippen LogP contribution in [0.5, 0.6) is 0 Å². The zero-order chi connectivity index (χ0) is 13.5. The van der Waals surface area contributed by atoms with Crippen LogP contribution >= 0.6 is 22.6 Å². The smallest absolute Gasteiger partial charge is 0.149 e. The Bertz CT molecular complexity index is 275. The lowest BCUT2D eigenvalue weighted by Gasteiger charge is -2.29. The van der Waals surface area contributed by atoms with Crippen molar-refractivity contribution in [2.45, 2.75) is 56.3 Å². The second-order valence-corrected chi connectivity index (χ2v) is 7.83. The van der Waals surface area contributed by atoms with Gasteiger partial charge in [0.05, 0.1) is 3.42 Å². The van der Waals surface area contributed by atoms with E-state index in [0.717, 1.165) is 25.7 Å². The molecule has 2 heteroatoms. The molecular formula is C15H25IO. The van der Waals surface area contributed by atoms with E-state index in [1.165, 1.54) is 0 Å². The number of allylic oxidation sites excluding steroid dienone is 2. The molecule has 0 fully saturated rings. The molecule has 1 atom stereocenters. The third-order valence-electron chi connectivity index (χ3n) is 2.81. The molecule has 0 saturated carbocycles. The molecule has 98 valence electrons. The van der Waals surface area contributed by atoms with Crippen LogP contribution in [-0.2, 0) is 4.79 Å². The van der Waals surface area contributed by atoms with Crippen molar-refractivity contribution in [3.8, 4) is 0 Å². The predicted octanol–water partition coefficient (Wildman–Crippen LogP) is 5.10. The number of carbonyl (C=O) groups excluding carboxylic acids is 1. The summed E-state index contributed by atoms with van der Waals surface area (Å²) in [5, 5.41) is 0. The van der Waals surface area contributed by atoms with E-state index in [1.54, 1.807) is 0 Å². The fourth-order valence-corrected chi connectivity index (χ4v) is 2.47. The summed E-state index contributed by atoms with van der Waals surface area (Å²) in [6.07, 6.45) is 7.80. The zero-order valence-corrected chi connectivity index (χ0v) is 13.5. The quantitative estimate of drug-likeness (QED) is 0.339. The van der Waals surface area contributed by atoms with Gasteiger partial charge in [-0.05, 0) is 31.1 Å². The number of ketones is 1. The van der Waals surface area contributed by atoms with E-state index in [0.29, 0.717) is 12.2 Å². The van der Waals surface area contributed by atoms with Crippen LogP contribution < -0.4 is 0 Å². The first-order valence-corrected chi connectivity index (χ1v) is 7.27. The van der Waals surface area contributed by atoms with Crippen molar-refractivity contribution >= 4 is 28.4 Å². The van der Waals surface area contributed by atoms with E-state index < -0.39 is 0 Å². The molecule has 0 saturated heterocycles. The van der Waals surface area contributed by atoms with Gasteiger partial charge in [-0.2, -0.15) is 0 Å². The lowest BCUT2D eigenvalue weighted by Crippen LogP contribution is -2.32. The van der Waals surface area contributed by atoms with E-state index in [2.05, 4.69) is 56.5 Å². The largest absolute Gasteiger partial charge is 0.298 e. The highest BCUT2D eigenvalue weighted by Gasteiger charge is 2.33. The molecule has 0 amide bonds. The maximum Gasteiger partial charge on any atom is 0.149 e. The molecule has 0 spiro atoms. The van der Waals surface area contributed by atoms with Gasteiger partial charge in [-0.25, -0.2) is 0 Å². The van der Waals surface area contributed by atoms with Gasteiger partial charge in [-0.1, -0.05) is 55.5 Å². The van der Waals surface area contributed by atoms with Gasteiger partial charge in [0.15, 0.2) is 0 Å². The van der Waals surface area contributed by atoms with Crippen LogP contribution in [-0.4, -0.2) is 9.20 Å². The summed E-state index contributed by atoms with van der Waals surface area (Å²) in [7, 11) is 0. The monoisotopic (exact) mass is 348 g/mol. The second kappa shape index (κ2) is 7.34. The average molecular weight is 348 g/mol. The van der Waals surface area contributed by atoms with E-state index >= 15 is 0 Å². The Hall–Kier alpha value is -0.120. The van der Waals surface area contributed by atoms with Crippen molar-refractivity contribution < 1.29 is 4.79 Å². The highest BCUT2D eigenvalue weighted by molar-refractivity contribution is 14.1. The molecule has 1 nitrogen and oxygen atoms in total. The summed E-state index contributed by atoms with van der Waals surface area (Å²) in [5.74, 6) is 0.335. The van der Waals surface area contributed by atoms with E-state index in [9.17, 15) is 4.79 Å². The summed E-state index contributed by atoms with van der Waals surface area (Å²) < 4.78 is -0.268. The van der Waals surface area contributed by atoms with E-state index in [4.69, 9.17) is 0 Å². The van der Waals surface area contributed by atoms with E-state index in [1.807, 2.05) is 12.2 Å². The highest BCUT2D eigenvalue weighted by atomic mass is 127. The Morgan fingerprint density at radius 3 is 2.18 bits per heavy atom. The summed E-state index contributed by atoms with van der Waals surface area (Å²) in [4.78, 5) is 12.2. The van der Waals surface area contributed by atoms with Crippen LogP contribution in [0.15, 0.2) is 25.3 Å². The SMILES string of the molecule is C=CCCC(=O)C(I)(CC=C)CCC(C)(C)C. The molecular weight excluding hydrogens is 323 g/mol. The van der Waals surface area contributed by atoms with Gasteiger partial charge in [0.25, 0.3) is 0 Å². The molecule has 0 bridgehead atoms. The fraction of sp³-hybridized carbons (Fsp3) is 0.667. The van der Waals surface area contributed by atoms with Crippen molar-refractivity contribution in [2.75, 3.05) is 0 Å². The Morgan fingerprint density at radius 1 is 1.18 bits per heavy atom. The molecule has 0 aromatic carbocycles. The third kappa shape index (κ3) is 7.02. The minimum atomic E-state index is -0.268. The maximum atomic E-state index is 12.2. The molecule has 17 heavy (non-hydrogen) atoms. The summed E-state index contributed by atoms with van der Waals surface area (Å²) >= 11 is 2.33. The maximum absolute atomic E-state index is 12.2. The molecule has 0 rings (SSSR count). The zero-order valence-electron chi connectivity index (χ0n) is 11.4. The Balaban J connectivity index is 4.59. The van der Waals surface area contributed by atoms with Crippen LogP contribution in [0.3, 0.4) is 0 Å². The van der Waals surface area contributed by atoms with Crippen LogP contribution in [0, 0.1) is 5.41 Å². The lowest BCUT2D eigenvalue weighted by molar-refractivity contribution is -0.121. The normalized spacial score (nSPS) is 15.1. The first kappa shape index (κ1) is 16.9. The Morgan fingerprint density at radius 2 is 1.76 bits per heavy atom. The number of Topliss-reactive ketones (excluding diaryl/α,β-unsaturated/α-hetero) is 1. The molecule has 0 aromatic heterocycles. The molecule has 0 aromatic rings. The lowest BCUT2D eigenvalue weighted by atomic mass is 9.83. The minimum absolute atomic E-state index is 0.268. The molecule has 0 aliphatic rings. The van der Waals surface area contributed by atoms with Crippen molar-refractivity contribution in [3.63, 3.8) is 0 Å². The molecule has 0 aliphatic carbocycles. The van der Waals surface area contributed by atoms with Gasteiger partial charge in [0, 0.05) is 6.42 Å². The molecule has 0 aliphatic heterocycles. The molecule has 0 heterocycles. The summed E-state index contributed by atoms with van der Waals surface area (Å²) in [6, 6.07) is 0. The third-order valence-corrected chi connectivity index (χ3v) is 4.40. The molecule has 0 N–H and O–H groups in total. The van der Waals surface area contributed by atoms with Gasteiger partial charge in [-0.15, -0.1) is 13.2 Å². The number of hydrogen-bond donors (Lipinski definition) is 0. The van der Waals surface area contributed by atoms with Crippen molar-refractivity contribution in [1.29, 1.82) is 0 Å². The van der Waals surface area contributed by atoms with Crippen LogP contribution in [0.2, 0.25) is 0 Å². The van der Waals surface area contributed by atoms with Crippen molar-refractivity contribution in [3.05, 3.63) is 25.3 Å². The predicted molar refractivity (Wildman–Crippen MR) is 84.7 cm³/mol. The fourth-order valence-electron chi connectivity index (χ4n) is 1.61. The van der Waals surface area contributed by atoms with Gasteiger partial charge in [-0.3, -0.25) is 4.79 Å². The summed E-state index contributed by atoms with van der Waals surface area (Å²) in [6.45, 7) is 14.1. The first-order valence-electron chi connectivity index (χ1n) is 6.19. The average Bonchev–Trinajstić information content (AvgIpc) is 2.22. The number of rotatable bonds is 8. The van der Waals surface area contributed by atoms with Crippen molar-refractivity contribution in [1.82, 2.24) is 0 Å². The topological polar surface area (TPSA) is 17.1 Å². The standard InChI is InChI=1S/C15H25IO/c1-6-8-9-13(17)15(16,10-7-2)12-11-14(3,4)5/h6-7H,1-2,8-12H2,3-5H3. The number of alkyl halides is 1. The number of halogens is 1. The second-order valence-electron chi connectivity index (χ2n) is 5.77. The van der Waals surface area contributed by atoms with Crippen molar-refractivity contribution in [2.24, 2.45) is 5.41 Å². The van der Waals surface area contributed by atoms with Crippen LogP contribution in [0.4, 0.5) is 0 Å². The van der Waals surface area contributed by atoms with Gasteiger partial charge >= 0.3 is 0 Å². The number of carbonyl (C=O) groups is 1. The molecule has 1 unspecified atom stereocenters. The first-order chi connectivity index (χ1) is 7.75. The highest BCUT2D eigenvalue weighted by Crippen LogP contribution is 2.36. The van der Waals surface area contributed by atoms with Crippen LogP contribution in [0.25, 0.3) is 0 Å². The summed E-state index contributed by atoms with van der Waals surface area (Å²) in [5.41, 5.74) is 0.274. The Labute approximate surface area is 120 Å². The van der Waals surface area contributed by atoms with Gasteiger partial charge < -0.3 is 0 Å². The van der Waals surface area contributed by atoms with Crippen LogP contribution in [0.1, 0.15) is 52.9 Å². The number of hydrogen-bond acceptors (Lipinski definition) is 1. The molecule has 0 radical (unpaired) electrons. The van der Waals surface area contributed by atoms with E-state index in [-0.39, 0.29) is 8.84 Å².